The van der Waals surface area contributed by atoms with Crippen LogP contribution in [-0.4, -0.2) is 30.9 Å². The van der Waals surface area contributed by atoms with E-state index in [4.69, 9.17) is 14.3 Å². The first kappa shape index (κ1) is 23.9. The molecule has 0 radical (unpaired) electrons. The van der Waals surface area contributed by atoms with E-state index in [-0.39, 0.29) is 12.6 Å². The molecule has 6 nitrogen and oxygen atoms in total. The number of nitrogens with zero attached hydrogens (tertiary/aromatic N) is 1. The highest BCUT2D eigenvalue weighted by Gasteiger charge is 2.09. The molecule has 1 aromatic carbocycles. The van der Waals surface area contributed by atoms with Crippen LogP contribution in [0.3, 0.4) is 0 Å². The molecule has 1 saturated heterocycles. The van der Waals surface area contributed by atoms with Crippen molar-refractivity contribution < 1.29 is 23.9 Å². The summed E-state index contributed by atoms with van der Waals surface area (Å²) in [6, 6.07) is 7.52. The largest absolute Gasteiger partial charge is 0.482 e. The second kappa shape index (κ2) is 14.6. The normalized spacial score (nSPS) is 19.1. The maximum atomic E-state index is 12.0. The maximum absolute atomic E-state index is 12.0. The molecule has 1 aromatic rings. The van der Waals surface area contributed by atoms with E-state index in [1.807, 2.05) is 31.2 Å². The minimum absolute atomic E-state index is 0.125. The summed E-state index contributed by atoms with van der Waals surface area (Å²) in [5.41, 5.74) is 1.80. The van der Waals surface area contributed by atoms with Gasteiger partial charge >= 0.3 is 11.9 Å². The Morgan fingerprint density at radius 3 is 2.30 bits per heavy atom. The number of benzene rings is 1. The zero-order valence-corrected chi connectivity index (χ0v) is 18.2. The van der Waals surface area contributed by atoms with Gasteiger partial charge < -0.3 is 14.3 Å². The summed E-state index contributed by atoms with van der Waals surface area (Å²) in [5, 5.41) is 4.09. The number of carbonyl (C=O) groups excluding carboxylic acids is 2. The van der Waals surface area contributed by atoms with Crippen LogP contribution in [0.5, 0.6) is 5.75 Å². The Bertz CT molecular complexity index is 686. The Hall–Kier alpha value is -2.37. The zero-order valence-electron chi connectivity index (χ0n) is 18.2. The lowest BCUT2D eigenvalue weighted by molar-refractivity contribution is -0.146. The molecule has 0 spiro atoms. The Balaban J connectivity index is 1.81. The molecule has 0 aliphatic carbocycles. The summed E-state index contributed by atoms with van der Waals surface area (Å²) in [6.07, 6.45) is 11.6. The summed E-state index contributed by atoms with van der Waals surface area (Å²) >= 11 is 0. The standard InChI is InChI=1S/C24H35NO5/c1-20-13-10-11-16-22(20)29-19-24(27)30-25-21-14-8-6-4-2-3-5-7-9-17-23(26)28-18-12-15-21/h10-11,13,16H,2-9,12,14-15,17-19H2,1H3/b25-21+. The predicted octanol–water partition coefficient (Wildman–Crippen LogP) is 5.51. The van der Waals surface area contributed by atoms with E-state index in [1.54, 1.807) is 0 Å². The number of carbonyl (C=O) groups is 2. The van der Waals surface area contributed by atoms with E-state index >= 15 is 0 Å². The minimum atomic E-state index is -0.524. The SMILES string of the molecule is Cc1ccccc1OCC(=O)O/N=C1\CCCCCCCCCCC(=O)OCCC1. The Kier molecular flexibility index (Phi) is 11.6. The van der Waals surface area contributed by atoms with Gasteiger partial charge in [0.15, 0.2) is 6.61 Å². The molecular formula is C24H35NO5. The molecular weight excluding hydrogens is 382 g/mol. The van der Waals surface area contributed by atoms with Gasteiger partial charge in [-0.3, -0.25) is 4.79 Å². The second-order valence-electron chi connectivity index (χ2n) is 7.83. The molecule has 30 heavy (non-hydrogen) atoms. The third kappa shape index (κ3) is 10.4. The number of oxime groups is 1. The maximum Gasteiger partial charge on any atom is 0.372 e. The quantitative estimate of drug-likeness (QED) is 0.367. The van der Waals surface area contributed by atoms with Gasteiger partial charge in [0.2, 0.25) is 0 Å². The number of esters is 1. The van der Waals surface area contributed by atoms with Crippen molar-refractivity contribution in [3.8, 4) is 5.75 Å². The fourth-order valence-corrected chi connectivity index (χ4v) is 3.41. The minimum Gasteiger partial charge on any atom is -0.482 e. The van der Waals surface area contributed by atoms with Crippen molar-refractivity contribution in [1.82, 2.24) is 0 Å². The lowest BCUT2D eigenvalue weighted by atomic mass is 10.0. The first-order valence-corrected chi connectivity index (χ1v) is 11.2. The van der Waals surface area contributed by atoms with Crippen LogP contribution < -0.4 is 4.74 Å². The number of hydrogen-bond acceptors (Lipinski definition) is 6. The predicted molar refractivity (Wildman–Crippen MR) is 117 cm³/mol. The van der Waals surface area contributed by atoms with Crippen molar-refractivity contribution in [2.75, 3.05) is 13.2 Å². The van der Waals surface area contributed by atoms with Gasteiger partial charge in [0.05, 0.1) is 12.3 Å². The molecule has 1 aliphatic heterocycles. The van der Waals surface area contributed by atoms with Crippen LogP contribution in [0.25, 0.3) is 0 Å². The Morgan fingerprint density at radius 1 is 0.933 bits per heavy atom. The van der Waals surface area contributed by atoms with Crippen LogP contribution in [0.2, 0.25) is 0 Å². The molecule has 0 unspecified atom stereocenters. The lowest BCUT2D eigenvalue weighted by Crippen LogP contribution is -2.14. The molecule has 0 bridgehead atoms. The summed E-state index contributed by atoms with van der Waals surface area (Å²) in [4.78, 5) is 28.9. The van der Waals surface area contributed by atoms with Gasteiger partial charge in [0.25, 0.3) is 0 Å². The fourth-order valence-electron chi connectivity index (χ4n) is 3.41. The number of hydrogen-bond donors (Lipinski definition) is 0. The average Bonchev–Trinajstić information content (AvgIpc) is 2.74. The third-order valence-electron chi connectivity index (χ3n) is 5.18. The first-order chi connectivity index (χ1) is 14.6. The third-order valence-corrected chi connectivity index (χ3v) is 5.18. The van der Waals surface area contributed by atoms with E-state index in [9.17, 15) is 9.59 Å². The molecule has 6 heteroatoms. The Labute approximate surface area is 180 Å². The first-order valence-electron chi connectivity index (χ1n) is 11.2. The van der Waals surface area contributed by atoms with Gasteiger partial charge in [-0.05, 0) is 50.7 Å². The van der Waals surface area contributed by atoms with E-state index in [1.165, 1.54) is 25.7 Å². The zero-order chi connectivity index (χ0) is 21.4. The monoisotopic (exact) mass is 417 g/mol. The number of rotatable bonds is 4. The van der Waals surface area contributed by atoms with E-state index < -0.39 is 5.97 Å². The summed E-state index contributed by atoms with van der Waals surface area (Å²) in [7, 11) is 0. The van der Waals surface area contributed by atoms with Crippen molar-refractivity contribution >= 4 is 17.7 Å². The molecule has 0 saturated carbocycles. The van der Waals surface area contributed by atoms with Gasteiger partial charge in [-0.2, -0.15) is 0 Å². The molecule has 1 aliphatic rings. The van der Waals surface area contributed by atoms with E-state index in [0.717, 1.165) is 43.4 Å². The molecule has 1 heterocycles. The molecule has 0 aromatic heterocycles. The molecule has 0 N–H and O–H groups in total. The van der Waals surface area contributed by atoms with Gasteiger partial charge in [-0.1, -0.05) is 61.9 Å². The summed E-state index contributed by atoms with van der Waals surface area (Å²) in [6.45, 7) is 2.12. The van der Waals surface area contributed by atoms with Gasteiger partial charge in [0.1, 0.15) is 5.75 Å². The van der Waals surface area contributed by atoms with Crippen molar-refractivity contribution in [2.45, 2.75) is 84.0 Å². The number of cyclic esters (lactones) is 1. The molecule has 166 valence electrons. The molecule has 2 rings (SSSR count). The van der Waals surface area contributed by atoms with Gasteiger partial charge in [-0.15, -0.1) is 0 Å². The fraction of sp³-hybridized carbons (Fsp3) is 0.625. The molecule has 0 atom stereocenters. The van der Waals surface area contributed by atoms with Crippen LogP contribution in [0.15, 0.2) is 29.4 Å². The van der Waals surface area contributed by atoms with Crippen molar-refractivity contribution in [1.29, 1.82) is 0 Å². The average molecular weight is 418 g/mol. The number of aryl methyl sites for hydroxylation is 1. The molecule has 1 fully saturated rings. The summed E-state index contributed by atoms with van der Waals surface area (Å²) < 4.78 is 10.8. The highest BCUT2D eigenvalue weighted by atomic mass is 16.7. The van der Waals surface area contributed by atoms with E-state index in [2.05, 4.69) is 5.16 Å². The number of ether oxygens (including phenoxy) is 2. The van der Waals surface area contributed by atoms with Crippen LogP contribution in [0.1, 0.15) is 82.6 Å². The van der Waals surface area contributed by atoms with Gasteiger partial charge in [0, 0.05) is 6.42 Å². The smallest absolute Gasteiger partial charge is 0.372 e. The number of para-hydroxylation sites is 1. The van der Waals surface area contributed by atoms with Crippen molar-refractivity contribution in [3.05, 3.63) is 29.8 Å². The topological polar surface area (TPSA) is 74.2 Å². The van der Waals surface area contributed by atoms with Crippen LogP contribution in [0, 0.1) is 6.92 Å². The van der Waals surface area contributed by atoms with Crippen LogP contribution in [-0.2, 0) is 19.2 Å². The van der Waals surface area contributed by atoms with Crippen molar-refractivity contribution in [2.24, 2.45) is 5.16 Å². The van der Waals surface area contributed by atoms with Gasteiger partial charge in [-0.25, -0.2) is 4.79 Å². The molecule has 0 amide bonds. The van der Waals surface area contributed by atoms with Crippen LogP contribution in [0.4, 0.5) is 0 Å². The van der Waals surface area contributed by atoms with Crippen molar-refractivity contribution in [3.63, 3.8) is 0 Å². The highest BCUT2D eigenvalue weighted by molar-refractivity contribution is 5.85. The van der Waals surface area contributed by atoms with E-state index in [0.29, 0.717) is 31.6 Å². The highest BCUT2D eigenvalue weighted by Crippen LogP contribution is 2.16. The summed E-state index contributed by atoms with van der Waals surface area (Å²) in [5.74, 6) is 0.0123. The van der Waals surface area contributed by atoms with Crippen LogP contribution >= 0.6 is 0 Å². The Morgan fingerprint density at radius 2 is 1.57 bits per heavy atom. The lowest BCUT2D eigenvalue weighted by Gasteiger charge is -2.10. The second-order valence-corrected chi connectivity index (χ2v) is 7.83.